The molecule has 0 saturated heterocycles. The van der Waals surface area contributed by atoms with E-state index in [0.717, 1.165) is 11.4 Å². The predicted octanol–water partition coefficient (Wildman–Crippen LogP) is 3.55. The molecular formula is C11H10Cl2N4. The molecule has 0 spiro atoms. The molecule has 2 rings (SSSR count). The molecule has 0 aliphatic rings. The third kappa shape index (κ3) is 2.99. The Morgan fingerprint density at radius 2 is 2.29 bits per heavy atom. The summed E-state index contributed by atoms with van der Waals surface area (Å²) in [7, 11) is 0. The van der Waals surface area contributed by atoms with E-state index < -0.39 is 0 Å². The van der Waals surface area contributed by atoms with Gasteiger partial charge in [0, 0.05) is 12.4 Å². The first-order valence-electron chi connectivity index (χ1n) is 4.92. The van der Waals surface area contributed by atoms with E-state index in [4.69, 9.17) is 23.2 Å². The maximum absolute atomic E-state index is 5.95. The van der Waals surface area contributed by atoms with Crippen LogP contribution < -0.4 is 5.43 Å². The van der Waals surface area contributed by atoms with Crippen LogP contribution in [0.15, 0.2) is 35.7 Å². The van der Waals surface area contributed by atoms with Crippen LogP contribution in [0.4, 0.5) is 5.82 Å². The lowest BCUT2D eigenvalue weighted by molar-refractivity contribution is 1.21. The zero-order valence-electron chi connectivity index (χ0n) is 9.04. The zero-order valence-corrected chi connectivity index (χ0v) is 10.5. The molecule has 0 bridgehead atoms. The van der Waals surface area contributed by atoms with Crippen molar-refractivity contribution in [1.29, 1.82) is 0 Å². The molecule has 17 heavy (non-hydrogen) atoms. The molecule has 0 saturated carbocycles. The van der Waals surface area contributed by atoms with Crippen molar-refractivity contribution in [2.45, 2.75) is 6.92 Å². The molecule has 0 unspecified atom stereocenters. The molecule has 0 fully saturated rings. The van der Waals surface area contributed by atoms with Gasteiger partial charge in [-0.15, -0.1) is 0 Å². The number of aromatic amines is 1. The molecule has 0 aliphatic carbocycles. The van der Waals surface area contributed by atoms with Crippen molar-refractivity contribution in [2.75, 3.05) is 5.43 Å². The molecule has 2 N–H and O–H groups in total. The Labute approximate surface area is 109 Å². The Morgan fingerprint density at radius 3 is 2.94 bits per heavy atom. The van der Waals surface area contributed by atoms with E-state index in [2.05, 4.69) is 20.5 Å². The quantitative estimate of drug-likeness (QED) is 0.661. The van der Waals surface area contributed by atoms with Crippen molar-refractivity contribution in [3.05, 3.63) is 46.3 Å². The maximum atomic E-state index is 5.95. The highest BCUT2D eigenvalue weighted by Gasteiger charge is 2.02. The van der Waals surface area contributed by atoms with Gasteiger partial charge in [-0.3, -0.25) is 5.43 Å². The van der Waals surface area contributed by atoms with Gasteiger partial charge >= 0.3 is 0 Å². The summed E-state index contributed by atoms with van der Waals surface area (Å²) in [5.41, 5.74) is 4.54. The first kappa shape index (κ1) is 12.0. The number of H-pyrrole nitrogens is 1. The van der Waals surface area contributed by atoms with Crippen LogP contribution in [0.2, 0.25) is 10.0 Å². The largest absolute Gasteiger partial charge is 0.360 e. The molecule has 0 aromatic carbocycles. The molecule has 88 valence electrons. The van der Waals surface area contributed by atoms with Crippen LogP contribution in [0.3, 0.4) is 0 Å². The lowest BCUT2D eigenvalue weighted by atomic mass is 10.3. The summed E-state index contributed by atoms with van der Waals surface area (Å²) in [5.74, 6) is 0.474. The smallest absolute Gasteiger partial charge is 0.165 e. The molecule has 2 aromatic heterocycles. The van der Waals surface area contributed by atoms with Gasteiger partial charge in [-0.25, -0.2) is 4.98 Å². The Morgan fingerprint density at radius 1 is 1.47 bits per heavy atom. The second-order valence-electron chi connectivity index (χ2n) is 3.38. The van der Waals surface area contributed by atoms with Gasteiger partial charge in [0.25, 0.3) is 0 Å². The average Bonchev–Trinajstić information content (AvgIpc) is 2.81. The lowest BCUT2D eigenvalue weighted by Crippen LogP contribution is -2.01. The topological polar surface area (TPSA) is 53.1 Å². The highest BCUT2D eigenvalue weighted by atomic mass is 35.5. The van der Waals surface area contributed by atoms with Crippen molar-refractivity contribution in [3.63, 3.8) is 0 Å². The summed E-state index contributed by atoms with van der Waals surface area (Å²) in [4.78, 5) is 7.09. The molecule has 2 aromatic rings. The van der Waals surface area contributed by atoms with Gasteiger partial charge < -0.3 is 4.98 Å². The number of nitrogens with zero attached hydrogens (tertiary/aromatic N) is 2. The summed E-state index contributed by atoms with van der Waals surface area (Å²) >= 11 is 11.7. The van der Waals surface area contributed by atoms with Crippen molar-refractivity contribution in [3.8, 4) is 0 Å². The zero-order chi connectivity index (χ0) is 12.3. The number of aromatic nitrogens is 2. The van der Waals surface area contributed by atoms with E-state index in [1.165, 1.54) is 6.20 Å². The molecule has 0 atom stereocenters. The van der Waals surface area contributed by atoms with Crippen molar-refractivity contribution in [1.82, 2.24) is 9.97 Å². The van der Waals surface area contributed by atoms with Crippen molar-refractivity contribution in [2.24, 2.45) is 5.10 Å². The standard InChI is InChI=1S/C11H10Cl2N4/c1-7(10-3-2-4-14-10)16-17-11-9(13)5-8(12)6-15-11/h2-6,14H,1H3,(H,15,17)/b16-7+. The lowest BCUT2D eigenvalue weighted by Gasteiger charge is -2.03. The minimum absolute atomic E-state index is 0.431. The molecule has 0 amide bonds. The highest BCUT2D eigenvalue weighted by molar-refractivity contribution is 6.35. The monoisotopic (exact) mass is 268 g/mol. The second kappa shape index (κ2) is 5.21. The number of rotatable bonds is 3. The number of anilines is 1. The molecule has 0 radical (unpaired) electrons. The van der Waals surface area contributed by atoms with Crippen LogP contribution in [-0.2, 0) is 0 Å². The summed E-state index contributed by atoms with van der Waals surface area (Å²) in [6.07, 6.45) is 3.34. The number of halogens is 2. The fraction of sp³-hybridized carbons (Fsp3) is 0.0909. The normalized spacial score (nSPS) is 11.6. The number of pyridine rings is 1. The Balaban J connectivity index is 2.14. The minimum Gasteiger partial charge on any atom is -0.360 e. The van der Waals surface area contributed by atoms with Crippen LogP contribution in [0.1, 0.15) is 12.6 Å². The van der Waals surface area contributed by atoms with Crippen LogP contribution >= 0.6 is 23.2 Å². The number of hydrogen-bond acceptors (Lipinski definition) is 3. The van der Waals surface area contributed by atoms with Crippen LogP contribution in [-0.4, -0.2) is 15.7 Å². The van der Waals surface area contributed by atoms with Crippen LogP contribution in [0.5, 0.6) is 0 Å². The second-order valence-corrected chi connectivity index (χ2v) is 4.22. The summed E-state index contributed by atoms with van der Waals surface area (Å²) in [6.45, 7) is 1.88. The van der Waals surface area contributed by atoms with Crippen LogP contribution in [0, 0.1) is 0 Å². The predicted molar refractivity (Wildman–Crippen MR) is 70.9 cm³/mol. The first-order chi connectivity index (χ1) is 8.16. The number of hydrazone groups is 1. The minimum atomic E-state index is 0.431. The fourth-order valence-electron chi connectivity index (χ4n) is 1.25. The SMILES string of the molecule is C/C(=N\Nc1ncc(Cl)cc1Cl)c1ccc[nH]1. The maximum Gasteiger partial charge on any atom is 0.165 e. The third-order valence-electron chi connectivity index (χ3n) is 2.13. The fourth-order valence-corrected chi connectivity index (χ4v) is 1.67. The van der Waals surface area contributed by atoms with Gasteiger partial charge in [0.05, 0.1) is 21.5 Å². The van der Waals surface area contributed by atoms with E-state index in [-0.39, 0.29) is 0 Å². The van der Waals surface area contributed by atoms with Crippen molar-refractivity contribution >= 4 is 34.7 Å². The molecule has 2 heterocycles. The number of nitrogens with one attached hydrogen (secondary N) is 2. The van der Waals surface area contributed by atoms with Gasteiger partial charge in [-0.2, -0.15) is 5.10 Å². The van der Waals surface area contributed by atoms with E-state index in [0.29, 0.717) is 15.9 Å². The third-order valence-corrected chi connectivity index (χ3v) is 2.62. The Hall–Kier alpha value is -1.52. The average molecular weight is 269 g/mol. The molecule has 4 nitrogen and oxygen atoms in total. The van der Waals surface area contributed by atoms with Gasteiger partial charge in [0.15, 0.2) is 5.82 Å². The molecular weight excluding hydrogens is 259 g/mol. The Kier molecular flexibility index (Phi) is 3.66. The first-order valence-corrected chi connectivity index (χ1v) is 5.67. The van der Waals surface area contributed by atoms with Gasteiger partial charge in [0.1, 0.15) is 0 Å². The van der Waals surface area contributed by atoms with E-state index >= 15 is 0 Å². The van der Waals surface area contributed by atoms with Crippen LogP contribution in [0.25, 0.3) is 0 Å². The van der Waals surface area contributed by atoms with Gasteiger partial charge in [0.2, 0.25) is 0 Å². The highest BCUT2D eigenvalue weighted by Crippen LogP contribution is 2.22. The van der Waals surface area contributed by atoms with E-state index in [1.54, 1.807) is 6.07 Å². The summed E-state index contributed by atoms with van der Waals surface area (Å²) < 4.78 is 0. The van der Waals surface area contributed by atoms with E-state index in [1.807, 2.05) is 25.3 Å². The van der Waals surface area contributed by atoms with E-state index in [9.17, 15) is 0 Å². The van der Waals surface area contributed by atoms with Gasteiger partial charge in [-0.05, 0) is 25.1 Å². The molecule has 6 heteroatoms. The number of hydrogen-bond donors (Lipinski definition) is 2. The van der Waals surface area contributed by atoms with Crippen molar-refractivity contribution < 1.29 is 0 Å². The summed E-state index contributed by atoms with van der Waals surface area (Å²) in [6, 6.07) is 5.44. The summed E-state index contributed by atoms with van der Waals surface area (Å²) in [5, 5.41) is 5.10. The Bertz CT molecular complexity index is 534. The van der Waals surface area contributed by atoms with Gasteiger partial charge in [-0.1, -0.05) is 23.2 Å². The molecule has 0 aliphatic heterocycles.